The minimum atomic E-state index is -4.20. The average Bonchev–Trinajstić information content (AvgIpc) is 2.78. The molecule has 12 heteroatoms. The van der Waals surface area contributed by atoms with Gasteiger partial charge in [-0.1, -0.05) is 24.3 Å². The van der Waals surface area contributed by atoms with Gasteiger partial charge in [-0.25, -0.2) is 12.8 Å². The van der Waals surface area contributed by atoms with Crippen LogP contribution in [0.2, 0.25) is 0 Å². The zero-order valence-corrected chi connectivity index (χ0v) is 16.9. The van der Waals surface area contributed by atoms with E-state index in [1.807, 2.05) is 0 Å². The van der Waals surface area contributed by atoms with Gasteiger partial charge >= 0.3 is 0 Å². The maximum Gasteiger partial charge on any atom is 0.270 e. The van der Waals surface area contributed by atoms with E-state index in [9.17, 15) is 32.5 Å². The number of hydrazine groups is 1. The minimum absolute atomic E-state index is 0.0649. The molecule has 0 spiro atoms. The van der Waals surface area contributed by atoms with Gasteiger partial charge in [0.05, 0.1) is 15.5 Å². The molecule has 0 radical (unpaired) electrons. The first-order valence-corrected chi connectivity index (χ1v) is 10.4. The minimum Gasteiger partial charge on any atom is -0.277 e. The summed E-state index contributed by atoms with van der Waals surface area (Å²) in [6, 6.07) is 14.9. The van der Waals surface area contributed by atoms with E-state index < -0.39 is 32.6 Å². The van der Waals surface area contributed by atoms with E-state index in [0.29, 0.717) is 0 Å². The van der Waals surface area contributed by atoms with Crippen molar-refractivity contribution in [1.29, 1.82) is 0 Å². The molecule has 3 N–H and O–H groups in total. The summed E-state index contributed by atoms with van der Waals surface area (Å²) in [6.07, 6.45) is 0. The smallest absolute Gasteiger partial charge is 0.270 e. The summed E-state index contributed by atoms with van der Waals surface area (Å²) >= 11 is 0. The highest BCUT2D eigenvalue weighted by Crippen LogP contribution is 2.19. The molecule has 0 saturated carbocycles. The van der Waals surface area contributed by atoms with E-state index in [-0.39, 0.29) is 27.4 Å². The predicted octanol–water partition coefficient (Wildman–Crippen LogP) is 2.61. The molecule has 0 aliphatic rings. The van der Waals surface area contributed by atoms with E-state index in [1.165, 1.54) is 54.6 Å². The number of para-hydroxylation sites is 1. The number of nitrogens with zero attached hydrogens (tertiary/aromatic N) is 1. The van der Waals surface area contributed by atoms with Gasteiger partial charge < -0.3 is 0 Å². The third-order valence-electron chi connectivity index (χ3n) is 4.13. The van der Waals surface area contributed by atoms with Crippen molar-refractivity contribution in [2.75, 3.05) is 4.72 Å². The zero-order valence-electron chi connectivity index (χ0n) is 16.1. The number of rotatable bonds is 6. The van der Waals surface area contributed by atoms with Gasteiger partial charge in [0.2, 0.25) is 0 Å². The predicted molar refractivity (Wildman–Crippen MR) is 112 cm³/mol. The Hall–Kier alpha value is -4.32. The number of carbonyl (C=O) groups is 2. The number of hydrogen-bond donors (Lipinski definition) is 3. The topological polar surface area (TPSA) is 148 Å². The summed E-state index contributed by atoms with van der Waals surface area (Å²) in [6.45, 7) is 0. The Bertz CT molecular complexity index is 1310. The number of nitro groups is 1. The van der Waals surface area contributed by atoms with E-state index in [4.69, 9.17) is 0 Å². The molecular formula is C20H15FN4O6S. The Morgan fingerprint density at radius 3 is 2.06 bits per heavy atom. The van der Waals surface area contributed by atoms with Crippen LogP contribution in [0.1, 0.15) is 20.7 Å². The van der Waals surface area contributed by atoms with E-state index in [1.54, 1.807) is 0 Å². The SMILES string of the molecule is O=C(NNC(=O)c1cccc(S(=O)(=O)Nc2ccccc2F)c1)c1cccc([N+](=O)[O-])c1. The van der Waals surface area contributed by atoms with Crippen LogP contribution in [0.4, 0.5) is 15.8 Å². The first-order chi connectivity index (χ1) is 15.2. The molecule has 3 aromatic carbocycles. The largest absolute Gasteiger partial charge is 0.277 e. The summed E-state index contributed by atoms with van der Waals surface area (Å²) in [5.74, 6) is -2.42. The van der Waals surface area contributed by atoms with Gasteiger partial charge in [0.15, 0.2) is 0 Å². The van der Waals surface area contributed by atoms with Gasteiger partial charge in [-0.15, -0.1) is 0 Å². The van der Waals surface area contributed by atoms with Crippen molar-refractivity contribution >= 4 is 33.2 Å². The highest BCUT2D eigenvalue weighted by atomic mass is 32.2. The van der Waals surface area contributed by atoms with Crippen molar-refractivity contribution in [3.05, 3.63) is 99.9 Å². The summed E-state index contributed by atoms with van der Waals surface area (Å²) in [4.78, 5) is 34.3. The van der Waals surface area contributed by atoms with Crippen LogP contribution in [-0.4, -0.2) is 25.2 Å². The molecule has 3 rings (SSSR count). The summed E-state index contributed by atoms with van der Waals surface area (Å²) in [5, 5.41) is 10.8. The molecule has 0 saturated heterocycles. The zero-order chi connectivity index (χ0) is 23.3. The number of sulfonamides is 1. The van der Waals surface area contributed by atoms with Gasteiger partial charge in [0.1, 0.15) is 5.82 Å². The van der Waals surface area contributed by atoms with E-state index in [0.717, 1.165) is 18.2 Å². The maximum atomic E-state index is 13.8. The molecular weight excluding hydrogens is 443 g/mol. The summed E-state index contributed by atoms with van der Waals surface area (Å²) in [5.41, 5.74) is 3.46. The lowest BCUT2D eigenvalue weighted by Gasteiger charge is -2.11. The van der Waals surface area contributed by atoms with Crippen molar-refractivity contribution in [1.82, 2.24) is 10.9 Å². The first kappa shape index (κ1) is 22.4. The molecule has 0 heterocycles. The van der Waals surface area contributed by atoms with Gasteiger partial charge in [-0.2, -0.15) is 0 Å². The van der Waals surface area contributed by atoms with E-state index >= 15 is 0 Å². The van der Waals surface area contributed by atoms with Crippen molar-refractivity contribution < 1.29 is 27.3 Å². The number of carbonyl (C=O) groups excluding carboxylic acids is 2. The molecule has 3 aromatic rings. The van der Waals surface area contributed by atoms with Crippen LogP contribution in [0.3, 0.4) is 0 Å². The quantitative estimate of drug-likeness (QED) is 0.382. The monoisotopic (exact) mass is 458 g/mol. The van der Waals surface area contributed by atoms with Crippen molar-refractivity contribution in [3.63, 3.8) is 0 Å². The fraction of sp³-hybridized carbons (Fsp3) is 0. The third kappa shape index (κ3) is 5.23. The second-order valence-electron chi connectivity index (χ2n) is 6.33. The van der Waals surface area contributed by atoms with Crippen LogP contribution in [-0.2, 0) is 10.0 Å². The van der Waals surface area contributed by atoms with Gasteiger partial charge in [-0.3, -0.25) is 35.3 Å². The molecule has 0 aliphatic heterocycles. The van der Waals surface area contributed by atoms with Crippen LogP contribution in [0.5, 0.6) is 0 Å². The fourth-order valence-corrected chi connectivity index (χ4v) is 3.68. The number of anilines is 1. The van der Waals surface area contributed by atoms with Crippen LogP contribution >= 0.6 is 0 Å². The molecule has 0 bridgehead atoms. The van der Waals surface area contributed by atoms with Crippen LogP contribution in [0.15, 0.2) is 77.7 Å². The van der Waals surface area contributed by atoms with Crippen LogP contribution < -0.4 is 15.6 Å². The van der Waals surface area contributed by atoms with Gasteiger partial charge in [0, 0.05) is 23.3 Å². The summed E-state index contributed by atoms with van der Waals surface area (Å²) in [7, 11) is -4.20. The second-order valence-corrected chi connectivity index (χ2v) is 8.01. The van der Waals surface area contributed by atoms with Crippen molar-refractivity contribution in [2.45, 2.75) is 4.90 Å². The lowest BCUT2D eigenvalue weighted by Crippen LogP contribution is -2.41. The van der Waals surface area contributed by atoms with Crippen molar-refractivity contribution in [3.8, 4) is 0 Å². The highest BCUT2D eigenvalue weighted by molar-refractivity contribution is 7.92. The lowest BCUT2D eigenvalue weighted by molar-refractivity contribution is -0.384. The molecule has 164 valence electrons. The number of hydrogen-bond acceptors (Lipinski definition) is 6. The van der Waals surface area contributed by atoms with Gasteiger partial charge in [0.25, 0.3) is 27.5 Å². The number of nitrogens with one attached hydrogen (secondary N) is 3. The van der Waals surface area contributed by atoms with Crippen molar-refractivity contribution in [2.24, 2.45) is 0 Å². The molecule has 2 amide bonds. The Balaban J connectivity index is 1.71. The number of non-ortho nitro benzene ring substituents is 1. The third-order valence-corrected chi connectivity index (χ3v) is 5.50. The normalized spacial score (nSPS) is 10.8. The van der Waals surface area contributed by atoms with Crippen LogP contribution in [0, 0.1) is 15.9 Å². The standard InChI is InChI=1S/C20H15FN4O6S/c21-17-9-1-2-10-18(17)24-32(30,31)16-8-4-6-14(12-16)20(27)23-22-19(26)13-5-3-7-15(11-13)25(28)29/h1-12,24H,(H,22,26)(H,23,27). The molecule has 32 heavy (non-hydrogen) atoms. The second kappa shape index (κ2) is 9.22. The van der Waals surface area contributed by atoms with Gasteiger partial charge in [-0.05, 0) is 36.4 Å². The molecule has 0 aliphatic carbocycles. The number of amides is 2. The molecule has 0 fully saturated rings. The maximum absolute atomic E-state index is 13.8. The molecule has 0 atom stereocenters. The average molecular weight is 458 g/mol. The number of benzene rings is 3. The summed E-state index contributed by atoms with van der Waals surface area (Å²) < 4.78 is 40.9. The lowest BCUT2D eigenvalue weighted by atomic mass is 10.2. The molecule has 0 aromatic heterocycles. The molecule has 10 nitrogen and oxygen atoms in total. The Morgan fingerprint density at radius 2 is 1.44 bits per heavy atom. The Morgan fingerprint density at radius 1 is 0.844 bits per heavy atom. The number of nitro benzene ring substituents is 1. The number of halogens is 1. The fourth-order valence-electron chi connectivity index (χ4n) is 2.57. The first-order valence-electron chi connectivity index (χ1n) is 8.90. The van der Waals surface area contributed by atoms with E-state index in [2.05, 4.69) is 15.6 Å². The molecule has 0 unspecified atom stereocenters. The van der Waals surface area contributed by atoms with Crippen LogP contribution in [0.25, 0.3) is 0 Å². The Kier molecular flexibility index (Phi) is 6.45. The Labute approximate surface area is 181 Å². The highest BCUT2D eigenvalue weighted by Gasteiger charge is 2.19.